The zero-order valence-electron chi connectivity index (χ0n) is 11.1. The lowest BCUT2D eigenvalue weighted by molar-refractivity contribution is 0.454. The summed E-state index contributed by atoms with van der Waals surface area (Å²) in [5, 5.41) is 7.25. The highest BCUT2D eigenvalue weighted by molar-refractivity contribution is 9.10. The van der Waals surface area contributed by atoms with E-state index in [4.69, 9.17) is 0 Å². The number of hydrogen-bond acceptors (Lipinski definition) is 2. The predicted molar refractivity (Wildman–Crippen MR) is 83.1 cm³/mol. The molecule has 0 saturated heterocycles. The highest BCUT2D eigenvalue weighted by Gasteiger charge is 2.20. The number of halogens is 3. The molecule has 0 radical (unpaired) electrons. The highest BCUT2D eigenvalue weighted by atomic mass is 79.9. The van der Waals surface area contributed by atoms with Gasteiger partial charge >= 0.3 is 0 Å². The lowest BCUT2D eigenvalue weighted by atomic mass is 9.99. The third kappa shape index (κ3) is 3.87. The van der Waals surface area contributed by atoms with Gasteiger partial charge in [0.25, 0.3) is 0 Å². The maximum Gasteiger partial charge on any atom is 0.132 e. The topological polar surface area (TPSA) is 12.0 Å². The van der Waals surface area contributed by atoms with Crippen LogP contribution in [-0.4, -0.2) is 6.54 Å². The van der Waals surface area contributed by atoms with E-state index in [1.54, 1.807) is 11.3 Å². The summed E-state index contributed by atoms with van der Waals surface area (Å²) in [4.78, 5) is 0. The monoisotopic (exact) mass is 359 g/mol. The predicted octanol–water partition coefficient (Wildman–Crippen LogP) is 5.07. The van der Waals surface area contributed by atoms with Crippen molar-refractivity contribution in [2.45, 2.75) is 25.8 Å². The van der Waals surface area contributed by atoms with Crippen LogP contribution in [0, 0.1) is 11.6 Å². The smallest absolute Gasteiger partial charge is 0.132 e. The van der Waals surface area contributed by atoms with Crippen molar-refractivity contribution in [2.24, 2.45) is 0 Å². The van der Waals surface area contributed by atoms with E-state index in [1.165, 1.54) is 17.7 Å². The first-order chi connectivity index (χ1) is 9.61. The largest absolute Gasteiger partial charge is 0.310 e. The molecule has 0 aliphatic carbocycles. The van der Waals surface area contributed by atoms with Gasteiger partial charge in [-0.3, -0.25) is 0 Å². The van der Waals surface area contributed by atoms with Gasteiger partial charge in [0.05, 0.1) is 0 Å². The van der Waals surface area contributed by atoms with Crippen molar-refractivity contribution >= 4 is 27.3 Å². The van der Waals surface area contributed by atoms with Crippen molar-refractivity contribution in [3.05, 3.63) is 56.2 Å². The van der Waals surface area contributed by atoms with Gasteiger partial charge in [0.1, 0.15) is 11.6 Å². The van der Waals surface area contributed by atoms with E-state index >= 15 is 0 Å². The summed E-state index contributed by atoms with van der Waals surface area (Å²) < 4.78 is 28.5. The average Bonchev–Trinajstić information content (AvgIpc) is 2.87. The first kappa shape index (κ1) is 15.6. The van der Waals surface area contributed by atoms with Crippen LogP contribution < -0.4 is 5.32 Å². The van der Waals surface area contributed by atoms with Crippen molar-refractivity contribution < 1.29 is 8.78 Å². The van der Waals surface area contributed by atoms with Gasteiger partial charge in [0.2, 0.25) is 0 Å². The second-order valence-electron chi connectivity index (χ2n) is 4.56. The zero-order valence-corrected chi connectivity index (χ0v) is 13.5. The van der Waals surface area contributed by atoms with Gasteiger partial charge in [-0.05, 0) is 53.9 Å². The lowest BCUT2D eigenvalue weighted by Crippen LogP contribution is -2.23. The molecule has 0 amide bonds. The van der Waals surface area contributed by atoms with E-state index in [9.17, 15) is 8.78 Å². The Morgan fingerprint density at radius 1 is 1.30 bits per heavy atom. The standard InChI is InChI=1S/C15H16BrF2NS/c1-2-19-14(4-3-10-5-6-20-9-10)15-12(17)7-11(16)8-13(15)18/h5-9,14,19H,2-4H2,1H3. The maximum atomic E-state index is 14.0. The Morgan fingerprint density at radius 3 is 2.55 bits per heavy atom. The van der Waals surface area contributed by atoms with Crippen molar-refractivity contribution in [3.63, 3.8) is 0 Å². The fourth-order valence-corrected chi connectivity index (χ4v) is 3.33. The third-order valence-corrected chi connectivity index (χ3v) is 4.33. The molecule has 0 saturated carbocycles. The third-order valence-electron chi connectivity index (χ3n) is 3.14. The minimum absolute atomic E-state index is 0.130. The van der Waals surface area contributed by atoms with E-state index in [0.29, 0.717) is 17.4 Å². The zero-order chi connectivity index (χ0) is 14.5. The van der Waals surface area contributed by atoms with Crippen molar-refractivity contribution in [3.8, 4) is 0 Å². The molecule has 1 aromatic carbocycles. The molecule has 0 aliphatic rings. The molecule has 1 atom stereocenters. The summed E-state index contributed by atoms with van der Waals surface area (Å²) in [6.45, 7) is 2.61. The molecular weight excluding hydrogens is 344 g/mol. The van der Waals surface area contributed by atoms with Gasteiger partial charge in [-0.2, -0.15) is 11.3 Å². The maximum absolute atomic E-state index is 14.0. The van der Waals surface area contributed by atoms with Crippen molar-refractivity contribution in [2.75, 3.05) is 6.54 Å². The first-order valence-electron chi connectivity index (χ1n) is 6.50. The molecule has 2 rings (SSSR count). The Kier molecular flexibility index (Phi) is 5.69. The average molecular weight is 360 g/mol. The Balaban J connectivity index is 2.19. The van der Waals surface area contributed by atoms with Crippen molar-refractivity contribution in [1.29, 1.82) is 0 Å². The van der Waals surface area contributed by atoms with Gasteiger partial charge in [-0.1, -0.05) is 22.9 Å². The minimum atomic E-state index is -0.506. The normalized spacial score (nSPS) is 12.6. The number of thiophene rings is 1. The van der Waals surface area contributed by atoms with E-state index in [1.807, 2.05) is 18.4 Å². The summed E-state index contributed by atoms with van der Waals surface area (Å²) in [7, 11) is 0. The molecule has 1 aromatic heterocycles. The Bertz CT molecular complexity index is 534. The molecule has 1 nitrogen and oxygen atoms in total. The highest BCUT2D eigenvalue weighted by Crippen LogP contribution is 2.28. The summed E-state index contributed by atoms with van der Waals surface area (Å²) in [5.41, 5.74) is 1.33. The Hall–Kier alpha value is -0.780. The number of aryl methyl sites for hydroxylation is 1. The fraction of sp³-hybridized carbons (Fsp3) is 0.333. The first-order valence-corrected chi connectivity index (χ1v) is 8.24. The molecule has 2 aromatic rings. The summed E-state index contributed by atoms with van der Waals surface area (Å²) in [6, 6.07) is 4.36. The summed E-state index contributed by atoms with van der Waals surface area (Å²) in [6.07, 6.45) is 1.47. The van der Waals surface area contributed by atoms with Crippen LogP contribution in [0.3, 0.4) is 0 Å². The van der Waals surface area contributed by atoms with Crippen LogP contribution in [0.2, 0.25) is 0 Å². The molecule has 5 heteroatoms. The molecule has 108 valence electrons. The second kappa shape index (κ2) is 7.29. The Labute approximate surface area is 130 Å². The van der Waals surface area contributed by atoms with Crippen LogP contribution in [-0.2, 0) is 6.42 Å². The molecule has 1 unspecified atom stereocenters. The van der Waals surface area contributed by atoms with Crippen molar-refractivity contribution in [1.82, 2.24) is 5.32 Å². The SMILES string of the molecule is CCNC(CCc1ccsc1)c1c(F)cc(Br)cc1F. The molecule has 0 bridgehead atoms. The van der Waals surface area contributed by atoms with Crippen LogP contribution in [0.5, 0.6) is 0 Å². The summed E-state index contributed by atoms with van der Waals surface area (Å²) >= 11 is 4.74. The molecule has 1 heterocycles. The van der Waals surface area contributed by atoms with E-state index < -0.39 is 11.6 Å². The van der Waals surface area contributed by atoms with Gasteiger partial charge in [-0.15, -0.1) is 0 Å². The second-order valence-corrected chi connectivity index (χ2v) is 6.26. The number of nitrogens with one attached hydrogen (secondary N) is 1. The molecule has 0 aliphatic heterocycles. The van der Waals surface area contributed by atoms with Gasteiger partial charge in [-0.25, -0.2) is 8.78 Å². The molecular formula is C15H16BrF2NS. The van der Waals surface area contributed by atoms with E-state index in [0.717, 1.165) is 6.42 Å². The lowest BCUT2D eigenvalue weighted by Gasteiger charge is -2.19. The van der Waals surface area contributed by atoms with Gasteiger partial charge in [0, 0.05) is 16.1 Å². The molecule has 0 fully saturated rings. The van der Waals surface area contributed by atoms with Gasteiger partial charge in [0.15, 0.2) is 0 Å². The Morgan fingerprint density at radius 2 is 2.00 bits per heavy atom. The summed E-state index contributed by atoms with van der Waals surface area (Å²) in [5.74, 6) is -1.01. The minimum Gasteiger partial charge on any atom is -0.310 e. The molecule has 0 spiro atoms. The number of hydrogen-bond donors (Lipinski definition) is 1. The number of benzene rings is 1. The molecule has 20 heavy (non-hydrogen) atoms. The van der Waals surface area contributed by atoms with Gasteiger partial charge < -0.3 is 5.32 Å². The van der Waals surface area contributed by atoms with Crippen LogP contribution in [0.15, 0.2) is 33.4 Å². The number of rotatable bonds is 6. The van der Waals surface area contributed by atoms with Crippen LogP contribution in [0.1, 0.15) is 30.5 Å². The van der Waals surface area contributed by atoms with Crippen LogP contribution in [0.4, 0.5) is 8.78 Å². The van der Waals surface area contributed by atoms with E-state index in [2.05, 4.69) is 26.6 Å². The molecule has 1 N–H and O–H groups in total. The van der Waals surface area contributed by atoms with Crippen LogP contribution >= 0.6 is 27.3 Å². The quantitative estimate of drug-likeness (QED) is 0.758. The van der Waals surface area contributed by atoms with Crippen LogP contribution in [0.25, 0.3) is 0 Å². The fourth-order valence-electron chi connectivity index (χ4n) is 2.23. The van der Waals surface area contributed by atoms with E-state index in [-0.39, 0.29) is 11.6 Å².